The lowest BCUT2D eigenvalue weighted by Gasteiger charge is -2.09. The van der Waals surface area contributed by atoms with Gasteiger partial charge >= 0.3 is 5.97 Å². The molecule has 0 aliphatic carbocycles. The van der Waals surface area contributed by atoms with Crippen molar-refractivity contribution in [2.75, 3.05) is 13.2 Å². The summed E-state index contributed by atoms with van der Waals surface area (Å²) >= 11 is 0. The third-order valence-electron chi connectivity index (χ3n) is 2.45. The van der Waals surface area contributed by atoms with E-state index in [9.17, 15) is 13.2 Å². The molecule has 1 aromatic carbocycles. The largest absolute Gasteiger partial charge is 0.460 e. The van der Waals surface area contributed by atoms with E-state index in [4.69, 9.17) is 20.2 Å². The molecular weight excluding hydrogens is 304 g/mol. The van der Waals surface area contributed by atoms with Crippen molar-refractivity contribution in [3.63, 3.8) is 0 Å². The Bertz CT molecular complexity index is 580. The van der Waals surface area contributed by atoms with Gasteiger partial charge in [-0.3, -0.25) is 0 Å². The molecule has 0 aliphatic rings. The van der Waals surface area contributed by atoms with Crippen LogP contribution in [-0.2, 0) is 18.5 Å². The molecule has 0 N–H and O–H groups in total. The summed E-state index contributed by atoms with van der Waals surface area (Å²) in [6.45, 7) is 5.74. The quantitative estimate of drug-likeness (QED) is 0.457. The second-order valence-corrected chi connectivity index (χ2v) is 7.01. The first-order chi connectivity index (χ1) is 9.21. The summed E-state index contributed by atoms with van der Waals surface area (Å²) < 4.78 is 32.9. The summed E-state index contributed by atoms with van der Waals surface area (Å²) in [6, 6.07) is 4.21. The lowest BCUT2D eigenvalue weighted by Crippen LogP contribution is -2.14. The van der Waals surface area contributed by atoms with Gasteiger partial charge in [-0.25, -0.2) is 13.2 Å². The van der Waals surface area contributed by atoms with E-state index in [-0.39, 0.29) is 29.8 Å². The van der Waals surface area contributed by atoms with Gasteiger partial charge in [0, 0.05) is 10.7 Å². The van der Waals surface area contributed by atoms with Crippen molar-refractivity contribution < 1.29 is 22.7 Å². The summed E-state index contributed by atoms with van der Waals surface area (Å²) in [7, 11) is 1.42. The van der Waals surface area contributed by atoms with Crippen LogP contribution in [0.25, 0.3) is 0 Å². The number of rotatable bonds is 6. The molecule has 1 rings (SSSR count). The number of halogens is 1. The number of benzene rings is 1. The molecule has 0 unspecified atom stereocenters. The monoisotopic (exact) mass is 320 g/mol. The first kappa shape index (κ1) is 16.9. The maximum Gasteiger partial charge on any atom is 0.338 e. The Kier molecular flexibility index (Phi) is 5.98. The Labute approximate surface area is 123 Å². The topological polar surface area (TPSA) is 69.7 Å². The van der Waals surface area contributed by atoms with Crippen LogP contribution in [0.15, 0.2) is 23.1 Å². The predicted molar refractivity (Wildman–Crippen MR) is 75.6 cm³/mol. The van der Waals surface area contributed by atoms with Gasteiger partial charge in [0.25, 0.3) is 9.05 Å². The van der Waals surface area contributed by atoms with E-state index in [0.29, 0.717) is 5.56 Å². The molecule has 0 bridgehead atoms. The maximum atomic E-state index is 11.8. The number of hydrogen-bond acceptors (Lipinski definition) is 5. The summed E-state index contributed by atoms with van der Waals surface area (Å²) in [6.07, 6.45) is 0.0565. The van der Waals surface area contributed by atoms with Gasteiger partial charge in [0.1, 0.15) is 6.61 Å². The van der Waals surface area contributed by atoms with Gasteiger partial charge in [0.2, 0.25) is 0 Å². The summed E-state index contributed by atoms with van der Waals surface area (Å²) in [5.74, 6) is -0.612. The SMILES string of the molecule is Cc1ccc(C(=O)OCCOC(C)C)cc1S(=O)(=O)Cl. The summed E-state index contributed by atoms with van der Waals surface area (Å²) in [4.78, 5) is 11.7. The Morgan fingerprint density at radius 3 is 2.50 bits per heavy atom. The molecule has 0 saturated heterocycles. The van der Waals surface area contributed by atoms with Crippen molar-refractivity contribution in [1.82, 2.24) is 0 Å². The van der Waals surface area contributed by atoms with Crippen molar-refractivity contribution in [1.29, 1.82) is 0 Å². The van der Waals surface area contributed by atoms with E-state index in [2.05, 4.69) is 0 Å². The van der Waals surface area contributed by atoms with Crippen LogP contribution in [0.1, 0.15) is 29.8 Å². The van der Waals surface area contributed by atoms with Crippen molar-refractivity contribution in [3.05, 3.63) is 29.3 Å². The van der Waals surface area contributed by atoms with Crippen molar-refractivity contribution in [2.45, 2.75) is 31.8 Å². The van der Waals surface area contributed by atoms with Crippen molar-refractivity contribution >= 4 is 25.7 Å². The molecule has 20 heavy (non-hydrogen) atoms. The highest BCUT2D eigenvalue weighted by atomic mass is 35.7. The molecule has 112 valence electrons. The Morgan fingerprint density at radius 1 is 1.30 bits per heavy atom. The standard InChI is InChI=1S/C13H17ClO5S/c1-9(2)18-6-7-19-13(15)11-5-4-10(3)12(8-11)20(14,16)17/h4-5,8-9H,6-7H2,1-3H3. The molecular formula is C13H17ClO5S. The molecule has 0 spiro atoms. The summed E-state index contributed by atoms with van der Waals surface area (Å²) in [5.41, 5.74) is 0.610. The third-order valence-corrected chi connectivity index (χ3v) is 3.92. The number of carbonyl (C=O) groups is 1. The highest BCUT2D eigenvalue weighted by molar-refractivity contribution is 8.13. The highest BCUT2D eigenvalue weighted by Gasteiger charge is 2.17. The fourth-order valence-electron chi connectivity index (χ4n) is 1.49. The van der Waals surface area contributed by atoms with Gasteiger partial charge in [-0.05, 0) is 38.5 Å². The second kappa shape index (κ2) is 7.06. The number of hydrogen-bond donors (Lipinski definition) is 0. The van der Waals surface area contributed by atoms with Crippen LogP contribution in [0.5, 0.6) is 0 Å². The molecule has 7 heteroatoms. The number of aryl methyl sites for hydroxylation is 1. The molecule has 0 atom stereocenters. The van der Waals surface area contributed by atoms with E-state index in [0.717, 1.165) is 0 Å². The third kappa shape index (κ3) is 5.11. The van der Waals surface area contributed by atoms with Gasteiger partial charge in [-0.15, -0.1) is 0 Å². The number of ether oxygens (including phenoxy) is 2. The molecule has 0 fully saturated rings. The van der Waals surface area contributed by atoms with E-state index < -0.39 is 15.0 Å². The van der Waals surface area contributed by atoms with Crippen LogP contribution in [0.2, 0.25) is 0 Å². The minimum absolute atomic E-state index is 0.0565. The first-order valence-corrected chi connectivity index (χ1v) is 8.37. The fourth-order valence-corrected chi connectivity index (χ4v) is 2.71. The highest BCUT2D eigenvalue weighted by Crippen LogP contribution is 2.21. The average molecular weight is 321 g/mol. The molecule has 1 aromatic rings. The molecule has 0 radical (unpaired) electrons. The molecule has 0 amide bonds. The van der Waals surface area contributed by atoms with Gasteiger partial charge < -0.3 is 9.47 Å². The Balaban J connectivity index is 2.75. The zero-order chi connectivity index (χ0) is 15.3. The van der Waals surface area contributed by atoms with Gasteiger partial charge in [-0.1, -0.05) is 6.07 Å². The lowest BCUT2D eigenvalue weighted by atomic mass is 10.1. The van der Waals surface area contributed by atoms with E-state index >= 15 is 0 Å². The number of esters is 1. The van der Waals surface area contributed by atoms with Crippen LogP contribution in [0.3, 0.4) is 0 Å². The number of carbonyl (C=O) groups excluding carboxylic acids is 1. The smallest absolute Gasteiger partial charge is 0.338 e. The predicted octanol–water partition coefficient (Wildman–Crippen LogP) is 2.50. The van der Waals surface area contributed by atoms with Crippen molar-refractivity contribution in [3.8, 4) is 0 Å². The Hall–Kier alpha value is -1.11. The van der Waals surface area contributed by atoms with E-state index in [1.54, 1.807) is 6.92 Å². The normalized spacial score (nSPS) is 11.7. The van der Waals surface area contributed by atoms with E-state index in [1.807, 2.05) is 13.8 Å². The van der Waals surface area contributed by atoms with Crippen LogP contribution < -0.4 is 0 Å². The fraction of sp³-hybridized carbons (Fsp3) is 0.462. The summed E-state index contributed by atoms with van der Waals surface area (Å²) in [5, 5.41) is 0. The lowest BCUT2D eigenvalue weighted by molar-refractivity contribution is 0.0177. The van der Waals surface area contributed by atoms with Crippen LogP contribution >= 0.6 is 10.7 Å². The van der Waals surface area contributed by atoms with E-state index in [1.165, 1.54) is 18.2 Å². The maximum absolute atomic E-state index is 11.8. The average Bonchev–Trinajstić information content (AvgIpc) is 2.33. The zero-order valence-electron chi connectivity index (χ0n) is 11.6. The van der Waals surface area contributed by atoms with Gasteiger partial charge in [-0.2, -0.15) is 0 Å². The molecule has 5 nitrogen and oxygen atoms in total. The second-order valence-electron chi connectivity index (χ2n) is 4.47. The van der Waals surface area contributed by atoms with Gasteiger partial charge in [0.15, 0.2) is 0 Å². The van der Waals surface area contributed by atoms with Gasteiger partial charge in [0.05, 0.1) is 23.2 Å². The molecule has 0 aliphatic heterocycles. The Morgan fingerprint density at radius 2 is 1.95 bits per heavy atom. The minimum atomic E-state index is -3.89. The van der Waals surface area contributed by atoms with Crippen LogP contribution in [0.4, 0.5) is 0 Å². The molecule has 0 heterocycles. The molecule has 0 saturated carbocycles. The van der Waals surface area contributed by atoms with Crippen LogP contribution in [-0.4, -0.2) is 33.7 Å². The minimum Gasteiger partial charge on any atom is -0.460 e. The zero-order valence-corrected chi connectivity index (χ0v) is 13.1. The van der Waals surface area contributed by atoms with Crippen LogP contribution in [0, 0.1) is 6.92 Å². The van der Waals surface area contributed by atoms with Crippen molar-refractivity contribution in [2.24, 2.45) is 0 Å². The molecule has 0 aromatic heterocycles. The first-order valence-electron chi connectivity index (χ1n) is 6.06.